The van der Waals surface area contributed by atoms with E-state index in [0.29, 0.717) is 5.57 Å². The van der Waals surface area contributed by atoms with Crippen LogP contribution in [-0.4, -0.2) is 74.8 Å². The first-order valence-corrected chi connectivity index (χ1v) is 7.94. The fourth-order valence-corrected chi connectivity index (χ4v) is 3.02. The van der Waals surface area contributed by atoms with Crippen molar-refractivity contribution in [3.8, 4) is 0 Å². The number of rotatable bonds is 4. The molecule has 134 valence electrons. The number of amides is 2. The molecular formula is C15H22N2O7. The van der Waals surface area contributed by atoms with Crippen LogP contribution >= 0.6 is 0 Å². The highest BCUT2D eigenvalue weighted by atomic mass is 16.6. The minimum absolute atomic E-state index is 0.556. The number of aliphatic hydroxyl groups is 4. The maximum absolute atomic E-state index is 12.3. The largest absolute Gasteiger partial charge is 0.471 e. The minimum Gasteiger partial charge on any atom is -0.471 e. The molecule has 3 heterocycles. The highest BCUT2D eigenvalue weighted by molar-refractivity contribution is 5.78. The molecule has 0 radical (unpaired) electrons. The van der Waals surface area contributed by atoms with Gasteiger partial charge in [0.25, 0.3) is 0 Å². The van der Waals surface area contributed by atoms with Crippen LogP contribution in [0.5, 0.6) is 0 Å². The van der Waals surface area contributed by atoms with Crippen molar-refractivity contribution in [2.45, 2.75) is 56.6 Å². The SMILES string of the molecule is CCCC1=CC2=CN([C@@H]3O[C@H](CO)[C@@H](O)[C@H](O)[C@H]3O)C(=O)N[C@@H]2O1. The van der Waals surface area contributed by atoms with Gasteiger partial charge in [0.15, 0.2) is 6.23 Å². The van der Waals surface area contributed by atoms with Crippen molar-refractivity contribution in [2.75, 3.05) is 6.61 Å². The van der Waals surface area contributed by atoms with Crippen LogP contribution in [0, 0.1) is 0 Å². The van der Waals surface area contributed by atoms with E-state index >= 15 is 0 Å². The van der Waals surface area contributed by atoms with E-state index in [9.17, 15) is 25.2 Å². The zero-order valence-electron chi connectivity index (χ0n) is 13.2. The van der Waals surface area contributed by atoms with E-state index in [1.807, 2.05) is 13.0 Å². The Balaban J connectivity index is 1.83. The number of hydrogen-bond donors (Lipinski definition) is 5. The number of ether oxygens (including phenoxy) is 2. The molecule has 0 aliphatic carbocycles. The second-order valence-corrected chi connectivity index (χ2v) is 6.06. The fourth-order valence-electron chi connectivity index (χ4n) is 3.02. The lowest BCUT2D eigenvalue weighted by molar-refractivity contribution is -0.252. The summed E-state index contributed by atoms with van der Waals surface area (Å²) in [7, 11) is 0. The lowest BCUT2D eigenvalue weighted by Crippen LogP contribution is -2.65. The Morgan fingerprint density at radius 3 is 2.67 bits per heavy atom. The molecule has 9 heteroatoms. The number of hydrogen-bond acceptors (Lipinski definition) is 7. The second kappa shape index (κ2) is 6.69. The Kier molecular flexibility index (Phi) is 4.79. The van der Waals surface area contributed by atoms with Crippen molar-refractivity contribution in [3.05, 3.63) is 23.6 Å². The number of carbonyl (C=O) groups excluding carboxylic acids is 1. The molecule has 3 aliphatic rings. The first-order chi connectivity index (χ1) is 11.5. The quantitative estimate of drug-likeness (QED) is 0.431. The Morgan fingerprint density at radius 1 is 1.25 bits per heavy atom. The van der Waals surface area contributed by atoms with Crippen LogP contribution in [0.2, 0.25) is 0 Å². The van der Waals surface area contributed by atoms with E-state index in [0.717, 1.165) is 23.5 Å². The van der Waals surface area contributed by atoms with Crippen LogP contribution in [0.15, 0.2) is 23.6 Å². The molecular weight excluding hydrogens is 320 g/mol. The van der Waals surface area contributed by atoms with Crippen LogP contribution in [0.1, 0.15) is 19.8 Å². The Bertz CT molecular complexity index is 562. The molecule has 0 spiro atoms. The number of allylic oxidation sites excluding steroid dienone is 1. The van der Waals surface area contributed by atoms with E-state index in [1.165, 1.54) is 6.20 Å². The average Bonchev–Trinajstić information content (AvgIpc) is 2.94. The summed E-state index contributed by atoms with van der Waals surface area (Å²) in [5.74, 6) is 0.754. The number of fused-ring (bicyclic) bond motifs is 1. The molecule has 5 N–H and O–H groups in total. The highest BCUT2D eigenvalue weighted by Crippen LogP contribution is 2.31. The van der Waals surface area contributed by atoms with Gasteiger partial charge in [0.05, 0.1) is 12.4 Å². The minimum atomic E-state index is -1.55. The monoisotopic (exact) mass is 342 g/mol. The molecule has 6 atom stereocenters. The second-order valence-electron chi connectivity index (χ2n) is 6.06. The van der Waals surface area contributed by atoms with Gasteiger partial charge in [-0.25, -0.2) is 4.79 Å². The lowest BCUT2D eigenvalue weighted by atomic mass is 9.97. The van der Waals surface area contributed by atoms with Crippen molar-refractivity contribution in [1.82, 2.24) is 10.2 Å². The molecule has 0 saturated carbocycles. The molecule has 0 unspecified atom stereocenters. The van der Waals surface area contributed by atoms with Gasteiger partial charge in [-0.3, -0.25) is 10.2 Å². The summed E-state index contributed by atoms with van der Waals surface area (Å²) in [6.07, 6.45) is -2.51. The predicted octanol–water partition coefficient (Wildman–Crippen LogP) is -1.26. The molecule has 3 aliphatic heterocycles. The van der Waals surface area contributed by atoms with Crippen molar-refractivity contribution < 1.29 is 34.7 Å². The third-order valence-corrected chi connectivity index (χ3v) is 4.31. The summed E-state index contributed by atoms with van der Waals surface area (Å²) in [6.45, 7) is 1.46. The van der Waals surface area contributed by atoms with Gasteiger partial charge >= 0.3 is 6.03 Å². The molecule has 0 bridgehead atoms. The number of nitrogens with one attached hydrogen (secondary N) is 1. The van der Waals surface area contributed by atoms with Crippen LogP contribution < -0.4 is 5.32 Å². The number of urea groups is 1. The maximum atomic E-state index is 12.3. The lowest BCUT2D eigenvalue weighted by Gasteiger charge is -2.44. The molecule has 1 fully saturated rings. The van der Waals surface area contributed by atoms with Crippen molar-refractivity contribution in [1.29, 1.82) is 0 Å². The summed E-state index contributed by atoms with van der Waals surface area (Å²) in [5, 5.41) is 41.7. The van der Waals surface area contributed by atoms with Gasteiger partial charge in [-0.2, -0.15) is 0 Å². The van der Waals surface area contributed by atoms with Gasteiger partial charge in [-0.1, -0.05) is 6.92 Å². The Hall–Kier alpha value is -1.65. The normalized spacial score (nSPS) is 38.9. The van der Waals surface area contributed by atoms with E-state index in [2.05, 4.69) is 5.32 Å². The molecule has 0 aromatic carbocycles. The average molecular weight is 342 g/mol. The summed E-state index contributed by atoms with van der Waals surface area (Å²) >= 11 is 0. The van der Waals surface area contributed by atoms with Crippen molar-refractivity contribution in [3.63, 3.8) is 0 Å². The van der Waals surface area contributed by atoms with Crippen LogP contribution in [0.25, 0.3) is 0 Å². The first kappa shape index (κ1) is 17.2. The van der Waals surface area contributed by atoms with E-state index in [1.54, 1.807) is 0 Å². The van der Waals surface area contributed by atoms with Crippen molar-refractivity contribution >= 4 is 6.03 Å². The first-order valence-electron chi connectivity index (χ1n) is 7.94. The zero-order chi connectivity index (χ0) is 17.4. The number of nitrogens with zero attached hydrogens (tertiary/aromatic N) is 1. The smallest absolute Gasteiger partial charge is 0.326 e. The fraction of sp³-hybridized carbons (Fsp3) is 0.667. The molecule has 0 aromatic rings. The molecule has 3 rings (SSSR count). The molecule has 1 saturated heterocycles. The Morgan fingerprint density at radius 2 is 2.00 bits per heavy atom. The molecule has 24 heavy (non-hydrogen) atoms. The number of aliphatic hydroxyl groups excluding tert-OH is 4. The summed E-state index contributed by atoms with van der Waals surface area (Å²) < 4.78 is 11.0. The van der Waals surface area contributed by atoms with Crippen LogP contribution in [-0.2, 0) is 9.47 Å². The highest BCUT2D eigenvalue weighted by Gasteiger charge is 2.48. The third-order valence-electron chi connectivity index (χ3n) is 4.31. The number of carbonyl (C=O) groups is 1. The van der Waals surface area contributed by atoms with Gasteiger partial charge < -0.3 is 29.9 Å². The van der Waals surface area contributed by atoms with Gasteiger partial charge in [0.1, 0.15) is 24.4 Å². The molecule has 0 aromatic heterocycles. The zero-order valence-corrected chi connectivity index (χ0v) is 13.2. The Labute approximate surface area is 138 Å². The van der Waals surface area contributed by atoms with Crippen molar-refractivity contribution in [2.24, 2.45) is 0 Å². The van der Waals surface area contributed by atoms with E-state index in [-0.39, 0.29) is 0 Å². The summed E-state index contributed by atoms with van der Waals surface area (Å²) in [6, 6.07) is -0.570. The van der Waals surface area contributed by atoms with Gasteiger partial charge in [-0.15, -0.1) is 0 Å². The summed E-state index contributed by atoms with van der Waals surface area (Å²) in [4.78, 5) is 13.4. The van der Waals surface area contributed by atoms with E-state index < -0.39 is 49.5 Å². The third kappa shape index (κ3) is 2.89. The standard InChI is InChI=1S/C15H22N2O7/c1-2-3-8-4-7-5-17(15(22)16-13(7)23-8)14-12(21)11(20)10(19)9(6-18)24-14/h4-5,9-14,18-21H,2-3,6H2,1H3,(H,16,22)/t9-,10-,11+,12-,13-,14-/m1/s1. The van der Waals surface area contributed by atoms with Gasteiger partial charge in [0.2, 0.25) is 6.23 Å². The maximum Gasteiger partial charge on any atom is 0.326 e. The van der Waals surface area contributed by atoms with Crippen LogP contribution in [0.4, 0.5) is 4.79 Å². The van der Waals surface area contributed by atoms with Gasteiger partial charge in [-0.05, 0) is 12.5 Å². The summed E-state index contributed by atoms with van der Waals surface area (Å²) in [5.41, 5.74) is 0.690. The van der Waals surface area contributed by atoms with E-state index in [4.69, 9.17) is 9.47 Å². The van der Waals surface area contributed by atoms with Gasteiger partial charge in [0, 0.05) is 18.2 Å². The topological polar surface area (TPSA) is 132 Å². The molecule has 9 nitrogen and oxygen atoms in total. The van der Waals surface area contributed by atoms with Crippen LogP contribution in [0.3, 0.4) is 0 Å². The predicted molar refractivity (Wildman–Crippen MR) is 80.1 cm³/mol. The molecule has 2 amide bonds.